The predicted molar refractivity (Wildman–Crippen MR) is 88.2 cm³/mol. The summed E-state index contributed by atoms with van der Waals surface area (Å²) in [6.07, 6.45) is -2.11. The number of hydrogen-bond donors (Lipinski definition) is 0. The van der Waals surface area contributed by atoms with Gasteiger partial charge in [0, 0.05) is 9.99 Å². The molecule has 0 saturated carbocycles. The first kappa shape index (κ1) is 14.7. The highest BCUT2D eigenvalue weighted by molar-refractivity contribution is 14.1. The molecule has 2 unspecified atom stereocenters. The van der Waals surface area contributed by atoms with Gasteiger partial charge in [-0.25, -0.2) is 13.8 Å². The highest BCUT2D eigenvalue weighted by Crippen LogP contribution is 2.25. The van der Waals surface area contributed by atoms with Crippen molar-refractivity contribution in [2.45, 2.75) is 18.8 Å². The zero-order chi connectivity index (χ0) is 14.8. The number of rotatable bonds is 3. The van der Waals surface area contributed by atoms with Crippen LogP contribution in [0.15, 0.2) is 42.5 Å². The summed E-state index contributed by atoms with van der Waals surface area (Å²) in [6, 6.07) is 13.9. The maximum Gasteiger partial charge on any atom is 0.150 e. The van der Waals surface area contributed by atoms with E-state index in [1.54, 1.807) is 4.90 Å². The Kier molecular flexibility index (Phi) is 4.37. The zero-order valence-corrected chi connectivity index (χ0v) is 13.5. The quantitative estimate of drug-likeness (QED) is 0.730. The number of benzene rings is 1. The Hall–Kier alpha value is -1.24. The van der Waals surface area contributed by atoms with Crippen LogP contribution in [0.4, 0.5) is 14.6 Å². The fourth-order valence-electron chi connectivity index (χ4n) is 2.47. The molecule has 5 heteroatoms. The van der Waals surface area contributed by atoms with Gasteiger partial charge >= 0.3 is 0 Å². The Morgan fingerprint density at radius 3 is 2.38 bits per heavy atom. The molecule has 1 aliphatic rings. The monoisotopic (exact) mass is 400 g/mol. The fourth-order valence-corrected chi connectivity index (χ4v) is 2.96. The van der Waals surface area contributed by atoms with Crippen molar-refractivity contribution in [2.75, 3.05) is 18.0 Å². The summed E-state index contributed by atoms with van der Waals surface area (Å²) in [5, 5.41) is 0. The van der Waals surface area contributed by atoms with Crippen molar-refractivity contribution in [1.29, 1.82) is 0 Å². The lowest BCUT2D eigenvalue weighted by atomic mass is 10.1. The van der Waals surface area contributed by atoms with Crippen molar-refractivity contribution in [3.8, 4) is 0 Å². The topological polar surface area (TPSA) is 16.1 Å². The molecule has 21 heavy (non-hydrogen) atoms. The average Bonchev–Trinajstić information content (AvgIpc) is 2.82. The third-order valence-corrected chi connectivity index (χ3v) is 4.61. The smallest absolute Gasteiger partial charge is 0.150 e. The Morgan fingerprint density at radius 1 is 1.05 bits per heavy atom. The first-order valence-corrected chi connectivity index (χ1v) is 7.94. The lowest BCUT2D eigenvalue weighted by molar-refractivity contribution is 0.217. The molecule has 0 bridgehead atoms. The molecule has 1 aliphatic heterocycles. The highest BCUT2D eigenvalue weighted by Gasteiger charge is 2.33. The van der Waals surface area contributed by atoms with E-state index in [9.17, 15) is 8.78 Å². The first-order chi connectivity index (χ1) is 10.1. The van der Waals surface area contributed by atoms with Crippen LogP contribution in [0.25, 0.3) is 0 Å². The van der Waals surface area contributed by atoms with Crippen LogP contribution in [-0.2, 0) is 6.42 Å². The third-order valence-electron chi connectivity index (χ3n) is 3.62. The number of halogens is 3. The SMILES string of the molecule is FC1CN(c2ccc(I)c(Cc3ccccc3)n2)CC1F. The molecule has 0 N–H and O–H groups in total. The molecule has 1 saturated heterocycles. The second-order valence-electron chi connectivity index (χ2n) is 5.20. The van der Waals surface area contributed by atoms with E-state index in [4.69, 9.17) is 0 Å². The van der Waals surface area contributed by atoms with Crippen molar-refractivity contribution >= 4 is 28.4 Å². The van der Waals surface area contributed by atoms with E-state index in [-0.39, 0.29) is 13.1 Å². The molecule has 2 aromatic rings. The van der Waals surface area contributed by atoms with Gasteiger partial charge in [-0.1, -0.05) is 30.3 Å². The molecular formula is C16H15F2IN2. The van der Waals surface area contributed by atoms with Crippen LogP contribution in [0.5, 0.6) is 0 Å². The van der Waals surface area contributed by atoms with Gasteiger partial charge in [0.2, 0.25) is 0 Å². The fraction of sp³-hybridized carbons (Fsp3) is 0.312. The van der Waals surface area contributed by atoms with Crippen molar-refractivity contribution in [2.24, 2.45) is 0 Å². The summed E-state index contributed by atoms with van der Waals surface area (Å²) in [5.41, 5.74) is 2.12. The van der Waals surface area contributed by atoms with Gasteiger partial charge in [0.25, 0.3) is 0 Å². The lowest BCUT2D eigenvalue weighted by Gasteiger charge is -2.17. The Morgan fingerprint density at radius 2 is 1.71 bits per heavy atom. The van der Waals surface area contributed by atoms with Gasteiger partial charge in [0.05, 0.1) is 18.8 Å². The molecule has 0 spiro atoms. The van der Waals surface area contributed by atoms with Gasteiger partial charge in [0.15, 0.2) is 12.3 Å². The highest BCUT2D eigenvalue weighted by atomic mass is 127. The molecule has 3 rings (SSSR count). The summed E-state index contributed by atoms with van der Waals surface area (Å²) in [5.74, 6) is 0.657. The van der Waals surface area contributed by atoms with E-state index in [1.165, 1.54) is 5.56 Å². The minimum atomic E-state index is -1.41. The van der Waals surface area contributed by atoms with Gasteiger partial charge in [-0.3, -0.25) is 0 Å². The van der Waals surface area contributed by atoms with Crippen molar-refractivity contribution in [3.63, 3.8) is 0 Å². The zero-order valence-electron chi connectivity index (χ0n) is 11.3. The molecule has 110 valence electrons. The summed E-state index contributed by atoms with van der Waals surface area (Å²) < 4.78 is 27.7. The minimum absolute atomic E-state index is 0.0829. The van der Waals surface area contributed by atoms with Gasteiger partial charge < -0.3 is 4.90 Å². The van der Waals surface area contributed by atoms with E-state index < -0.39 is 12.3 Å². The van der Waals surface area contributed by atoms with E-state index in [0.29, 0.717) is 5.82 Å². The molecule has 0 aliphatic carbocycles. The Balaban J connectivity index is 1.83. The van der Waals surface area contributed by atoms with E-state index >= 15 is 0 Å². The molecular weight excluding hydrogens is 385 g/mol. The maximum atomic E-state index is 13.3. The molecule has 0 amide bonds. The van der Waals surface area contributed by atoms with Gasteiger partial charge in [-0.05, 0) is 40.3 Å². The van der Waals surface area contributed by atoms with E-state index in [2.05, 4.69) is 39.7 Å². The summed E-state index contributed by atoms with van der Waals surface area (Å²) in [4.78, 5) is 6.28. The van der Waals surface area contributed by atoms with Crippen LogP contribution in [0.3, 0.4) is 0 Å². The van der Waals surface area contributed by atoms with Crippen LogP contribution in [0.1, 0.15) is 11.3 Å². The van der Waals surface area contributed by atoms with E-state index in [1.807, 2.05) is 30.3 Å². The molecule has 1 aromatic heterocycles. The number of alkyl halides is 2. The average molecular weight is 400 g/mol. The predicted octanol–water partition coefficient (Wildman–Crippen LogP) is 3.77. The standard InChI is InChI=1S/C16H15F2IN2/c17-12-9-21(10-13(12)18)16-7-6-14(19)15(20-16)8-11-4-2-1-3-5-11/h1-7,12-13H,8-10H2. The second-order valence-corrected chi connectivity index (χ2v) is 6.36. The molecule has 1 aromatic carbocycles. The summed E-state index contributed by atoms with van der Waals surface area (Å²) in [6.45, 7) is 0.166. The number of nitrogens with zero attached hydrogens (tertiary/aromatic N) is 2. The molecule has 0 radical (unpaired) electrons. The van der Waals surface area contributed by atoms with Crippen molar-refractivity contribution in [3.05, 3.63) is 57.3 Å². The number of pyridine rings is 1. The van der Waals surface area contributed by atoms with Crippen LogP contribution >= 0.6 is 22.6 Å². The third kappa shape index (κ3) is 3.33. The van der Waals surface area contributed by atoms with Crippen molar-refractivity contribution in [1.82, 2.24) is 4.98 Å². The van der Waals surface area contributed by atoms with Gasteiger partial charge in [-0.2, -0.15) is 0 Å². The van der Waals surface area contributed by atoms with E-state index in [0.717, 1.165) is 15.7 Å². The largest absolute Gasteiger partial charge is 0.351 e. The molecule has 1 fully saturated rings. The molecule has 2 heterocycles. The van der Waals surface area contributed by atoms with Crippen LogP contribution < -0.4 is 4.90 Å². The van der Waals surface area contributed by atoms with Crippen LogP contribution in [-0.4, -0.2) is 30.4 Å². The van der Waals surface area contributed by atoms with Crippen LogP contribution in [0.2, 0.25) is 0 Å². The Labute approximate surface area is 136 Å². The van der Waals surface area contributed by atoms with Crippen LogP contribution in [0, 0.1) is 3.57 Å². The normalized spacial score (nSPS) is 21.8. The molecule has 2 atom stereocenters. The molecule has 2 nitrogen and oxygen atoms in total. The van der Waals surface area contributed by atoms with Crippen molar-refractivity contribution < 1.29 is 8.78 Å². The second kappa shape index (κ2) is 6.25. The summed E-state index contributed by atoms with van der Waals surface area (Å²) >= 11 is 2.25. The Bertz CT molecular complexity index is 611. The maximum absolute atomic E-state index is 13.3. The number of aromatic nitrogens is 1. The first-order valence-electron chi connectivity index (χ1n) is 6.86. The number of anilines is 1. The minimum Gasteiger partial charge on any atom is -0.351 e. The number of hydrogen-bond acceptors (Lipinski definition) is 2. The van der Waals surface area contributed by atoms with Gasteiger partial charge in [0.1, 0.15) is 5.82 Å². The van der Waals surface area contributed by atoms with Gasteiger partial charge in [-0.15, -0.1) is 0 Å². The lowest BCUT2D eigenvalue weighted by Crippen LogP contribution is -2.22. The summed E-state index contributed by atoms with van der Waals surface area (Å²) in [7, 11) is 0.